The molecule has 0 bridgehead atoms. The molecule has 2 N–H and O–H groups in total. The molecule has 1 heterocycles. The molecule has 1 aromatic rings. The van der Waals surface area contributed by atoms with Gasteiger partial charge >= 0.3 is 0 Å². The Morgan fingerprint density at radius 2 is 2.05 bits per heavy atom. The van der Waals surface area contributed by atoms with E-state index in [0.29, 0.717) is 5.69 Å². The number of hydrogen-bond acceptors (Lipinski definition) is 2. The quantitative estimate of drug-likeness (QED) is 0.847. The van der Waals surface area contributed by atoms with E-state index >= 15 is 0 Å². The van der Waals surface area contributed by atoms with Crippen molar-refractivity contribution >= 4 is 27.5 Å². The van der Waals surface area contributed by atoms with Crippen molar-refractivity contribution in [3.05, 3.63) is 27.7 Å². The molecule has 0 atom stereocenters. The Morgan fingerprint density at radius 1 is 1.40 bits per heavy atom. The highest BCUT2D eigenvalue weighted by molar-refractivity contribution is 9.10. The van der Waals surface area contributed by atoms with Crippen LogP contribution in [0.1, 0.15) is 48.5 Å². The molecule has 1 aromatic carbocycles. The van der Waals surface area contributed by atoms with Crippen molar-refractivity contribution in [3.8, 4) is 0 Å². The van der Waals surface area contributed by atoms with Crippen LogP contribution in [0.3, 0.4) is 0 Å². The van der Waals surface area contributed by atoms with Crippen LogP contribution < -0.4 is 5.73 Å². The van der Waals surface area contributed by atoms with E-state index in [1.807, 2.05) is 24.0 Å². The van der Waals surface area contributed by atoms with Crippen LogP contribution in [0.5, 0.6) is 0 Å². The van der Waals surface area contributed by atoms with E-state index in [1.54, 1.807) is 0 Å². The molecule has 0 radical (unpaired) electrons. The zero-order valence-electron chi connectivity index (χ0n) is 12.3. The molecule has 1 fully saturated rings. The predicted octanol–water partition coefficient (Wildman–Crippen LogP) is 3.99. The van der Waals surface area contributed by atoms with Gasteiger partial charge in [-0.25, -0.2) is 0 Å². The number of hydrogen-bond donors (Lipinski definition) is 1. The second-order valence-corrected chi connectivity index (χ2v) is 6.61. The standard InChI is InChI=1S/C16H23BrN2O/c1-3-4-12-5-7-19(8-6-12)16(20)14-9-13(17)10-15(18)11(14)2/h9-10,12H,3-8,18H2,1-2H3. The molecular weight excluding hydrogens is 316 g/mol. The maximum atomic E-state index is 12.6. The van der Waals surface area contributed by atoms with Crippen LogP contribution in [0.2, 0.25) is 0 Å². The summed E-state index contributed by atoms with van der Waals surface area (Å²) < 4.78 is 0.866. The van der Waals surface area contributed by atoms with Crippen molar-refractivity contribution in [1.82, 2.24) is 4.90 Å². The molecule has 0 saturated carbocycles. The molecule has 20 heavy (non-hydrogen) atoms. The van der Waals surface area contributed by atoms with Crippen molar-refractivity contribution in [2.45, 2.75) is 39.5 Å². The van der Waals surface area contributed by atoms with Crippen LogP contribution in [0.25, 0.3) is 0 Å². The molecule has 1 amide bonds. The molecule has 0 spiro atoms. The number of carbonyl (C=O) groups excluding carboxylic acids is 1. The van der Waals surface area contributed by atoms with E-state index in [4.69, 9.17) is 5.73 Å². The normalized spacial score (nSPS) is 16.4. The molecule has 0 aliphatic carbocycles. The summed E-state index contributed by atoms with van der Waals surface area (Å²) in [5.74, 6) is 0.906. The van der Waals surface area contributed by atoms with E-state index in [2.05, 4.69) is 22.9 Å². The Morgan fingerprint density at radius 3 is 2.65 bits per heavy atom. The van der Waals surface area contributed by atoms with Crippen LogP contribution in [0, 0.1) is 12.8 Å². The Kier molecular flexibility index (Phi) is 5.08. The van der Waals surface area contributed by atoms with Crippen molar-refractivity contribution in [3.63, 3.8) is 0 Å². The summed E-state index contributed by atoms with van der Waals surface area (Å²) in [6.07, 6.45) is 4.77. The van der Waals surface area contributed by atoms with Gasteiger partial charge in [-0.05, 0) is 43.4 Å². The maximum Gasteiger partial charge on any atom is 0.254 e. The van der Waals surface area contributed by atoms with Crippen molar-refractivity contribution in [1.29, 1.82) is 0 Å². The van der Waals surface area contributed by atoms with E-state index < -0.39 is 0 Å². The Bertz CT molecular complexity index is 493. The van der Waals surface area contributed by atoms with Crippen LogP contribution >= 0.6 is 15.9 Å². The first-order chi connectivity index (χ1) is 9.52. The van der Waals surface area contributed by atoms with Gasteiger partial charge < -0.3 is 10.6 Å². The summed E-state index contributed by atoms with van der Waals surface area (Å²) in [7, 11) is 0. The molecule has 110 valence electrons. The topological polar surface area (TPSA) is 46.3 Å². The second-order valence-electron chi connectivity index (χ2n) is 5.69. The highest BCUT2D eigenvalue weighted by atomic mass is 79.9. The first kappa shape index (κ1) is 15.4. The van der Waals surface area contributed by atoms with Gasteiger partial charge in [0.25, 0.3) is 5.91 Å². The van der Waals surface area contributed by atoms with Crippen LogP contribution in [-0.2, 0) is 0 Å². The van der Waals surface area contributed by atoms with Gasteiger partial charge in [0.2, 0.25) is 0 Å². The molecular formula is C16H23BrN2O. The number of benzene rings is 1. The molecule has 0 unspecified atom stereocenters. The largest absolute Gasteiger partial charge is 0.398 e. The minimum atomic E-state index is 0.116. The number of rotatable bonds is 3. The van der Waals surface area contributed by atoms with Crippen molar-refractivity contribution in [2.24, 2.45) is 5.92 Å². The zero-order chi connectivity index (χ0) is 14.7. The second kappa shape index (κ2) is 6.61. The molecule has 0 aromatic heterocycles. The number of amides is 1. The van der Waals surface area contributed by atoms with E-state index in [-0.39, 0.29) is 5.91 Å². The SMILES string of the molecule is CCCC1CCN(C(=O)c2cc(Br)cc(N)c2C)CC1. The molecule has 4 heteroatoms. The fourth-order valence-electron chi connectivity index (χ4n) is 2.93. The van der Waals surface area contributed by atoms with Crippen LogP contribution in [0.15, 0.2) is 16.6 Å². The van der Waals surface area contributed by atoms with Gasteiger partial charge in [-0.2, -0.15) is 0 Å². The summed E-state index contributed by atoms with van der Waals surface area (Å²) >= 11 is 3.42. The number of nitrogens with two attached hydrogens (primary N) is 1. The van der Waals surface area contributed by atoms with E-state index in [9.17, 15) is 4.79 Å². The first-order valence-corrected chi connectivity index (χ1v) is 8.17. The fourth-order valence-corrected chi connectivity index (χ4v) is 3.40. The lowest BCUT2D eigenvalue weighted by Crippen LogP contribution is -2.38. The van der Waals surface area contributed by atoms with Gasteiger partial charge in [0.1, 0.15) is 0 Å². The molecule has 3 nitrogen and oxygen atoms in total. The van der Waals surface area contributed by atoms with E-state index in [0.717, 1.165) is 47.4 Å². The Hall–Kier alpha value is -1.03. The summed E-state index contributed by atoms with van der Waals surface area (Å²) in [5.41, 5.74) is 8.23. The third kappa shape index (κ3) is 3.35. The number of halogens is 1. The highest BCUT2D eigenvalue weighted by Crippen LogP contribution is 2.27. The lowest BCUT2D eigenvalue weighted by atomic mass is 9.92. The number of nitrogens with zero attached hydrogens (tertiary/aromatic N) is 1. The van der Waals surface area contributed by atoms with Gasteiger partial charge in [-0.1, -0.05) is 35.7 Å². The van der Waals surface area contributed by atoms with Crippen LogP contribution in [-0.4, -0.2) is 23.9 Å². The maximum absolute atomic E-state index is 12.6. The summed E-state index contributed by atoms with van der Waals surface area (Å²) in [6.45, 7) is 5.88. The molecule has 1 aliphatic rings. The highest BCUT2D eigenvalue weighted by Gasteiger charge is 2.24. The molecule has 1 saturated heterocycles. The minimum Gasteiger partial charge on any atom is -0.398 e. The number of likely N-dealkylation sites (tertiary alicyclic amines) is 1. The van der Waals surface area contributed by atoms with Gasteiger partial charge in [0.05, 0.1) is 0 Å². The van der Waals surface area contributed by atoms with Gasteiger partial charge in [-0.3, -0.25) is 4.79 Å². The number of nitrogen functional groups attached to an aromatic ring is 1. The monoisotopic (exact) mass is 338 g/mol. The fraction of sp³-hybridized carbons (Fsp3) is 0.562. The summed E-state index contributed by atoms with van der Waals surface area (Å²) in [6, 6.07) is 3.73. The third-order valence-corrected chi connectivity index (χ3v) is 4.70. The smallest absolute Gasteiger partial charge is 0.254 e. The van der Waals surface area contributed by atoms with E-state index in [1.165, 1.54) is 12.8 Å². The predicted molar refractivity (Wildman–Crippen MR) is 86.8 cm³/mol. The zero-order valence-corrected chi connectivity index (χ0v) is 13.9. The molecule has 2 rings (SSSR count). The minimum absolute atomic E-state index is 0.116. The number of carbonyl (C=O) groups is 1. The van der Waals surface area contributed by atoms with Gasteiger partial charge in [0.15, 0.2) is 0 Å². The number of piperidine rings is 1. The summed E-state index contributed by atoms with van der Waals surface area (Å²) in [5, 5.41) is 0. The van der Waals surface area contributed by atoms with Crippen molar-refractivity contribution in [2.75, 3.05) is 18.8 Å². The summed E-state index contributed by atoms with van der Waals surface area (Å²) in [4.78, 5) is 14.6. The van der Waals surface area contributed by atoms with Gasteiger partial charge in [0, 0.05) is 28.8 Å². The lowest BCUT2D eigenvalue weighted by molar-refractivity contribution is 0.0686. The van der Waals surface area contributed by atoms with Crippen LogP contribution in [0.4, 0.5) is 5.69 Å². The van der Waals surface area contributed by atoms with Crippen molar-refractivity contribution < 1.29 is 4.79 Å². The Balaban J connectivity index is 2.09. The number of anilines is 1. The molecule has 1 aliphatic heterocycles. The third-order valence-electron chi connectivity index (χ3n) is 4.24. The lowest BCUT2D eigenvalue weighted by Gasteiger charge is -2.32. The van der Waals surface area contributed by atoms with Gasteiger partial charge in [-0.15, -0.1) is 0 Å². The Labute approximate surface area is 129 Å². The average molecular weight is 339 g/mol. The first-order valence-electron chi connectivity index (χ1n) is 7.37. The average Bonchev–Trinajstić information content (AvgIpc) is 2.43.